The third-order valence-electron chi connectivity index (χ3n) is 4.37. The molecular formula is C19H17ClN6OS. The van der Waals surface area contributed by atoms with E-state index in [4.69, 9.17) is 11.6 Å². The van der Waals surface area contributed by atoms with E-state index in [9.17, 15) is 4.79 Å². The maximum atomic E-state index is 12.8. The summed E-state index contributed by atoms with van der Waals surface area (Å²) in [6.07, 6.45) is 6.96. The summed E-state index contributed by atoms with van der Waals surface area (Å²) >= 11 is 7.22. The van der Waals surface area contributed by atoms with Gasteiger partial charge in [-0.2, -0.15) is 0 Å². The van der Waals surface area contributed by atoms with Crippen molar-refractivity contribution in [3.05, 3.63) is 58.2 Å². The molecular weight excluding hydrogens is 396 g/mol. The number of thiazole rings is 1. The Morgan fingerprint density at radius 2 is 2.11 bits per heavy atom. The van der Waals surface area contributed by atoms with Crippen molar-refractivity contribution in [1.29, 1.82) is 0 Å². The SMILES string of the molecule is Cc1nc(-c2nc(Cl)cs2)ncc1C(=O)Nn1cc(C(C)C)c2cnccc21. The Morgan fingerprint density at radius 3 is 2.79 bits per heavy atom. The molecule has 28 heavy (non-hydrogen) atoms. The highest BCUT2D eigenvalue weighted by molar-refractivity contribution is 7.13. The standard InChI is InChI=1S/C19H17ClN6OS/c1-10(2)14-8-26(15-4-5-21-6-13(14)15)25-18(27)12-7-22-17(23-11(12)3)19-24-16(20)9-28-19/h4-10H,1-3H3,(H,25,27). The first kappa shape index (κ1) is 18.5. The second kappa shape index (κ2) is 7.29. The number of halogens is 1. The lowest BCUT2D eigenvalue weighted by atomic mass is 10.0. The minimum absolute atomic E-state index is 0.287. The molecule has 0 fully saturated rings. The van der Waals surface area contributed by atoms with E-state index in [-0.39, 0.29) is 5.91 Å². The molecule has 142 valence electrons. The number of rotatable bonds is 4. The van der Waals surface area contributed by atoms with Gasteiger partial charge in [0.2, 0.25) is 0 Å². The highest BCUT2D eigenvalue weighted by Crippen LogP contribution is 2.26. The third-order valence-corrected chi connectivity index (χ3v) is 5.53. The zero-order chi connectivity index (χ0) is 19.8. The molecule has 7 nitrogen and oxygen atoms in total. The predicted octanol–water partition coefficient (Wildman–Crippen LogP) is 4.42. The smallest absolute Gasteiger partial charge is 0.267 e. The van der Waals surface area contributed by atoms with E-state index in [0.717, 1.165) is 16.5 Å². The number of fused-ring (bicyclic) bond motifs is 1. The minimum Gasteiger partial charge on any atom is -0.267 e. The van der Waals surface area contributed by atoms with Gasteiger partial charge in [-0.3, -0.25) is 19.9 Å². The van der Waals surface area contributed by atoms with Gasteiger partial charge >= 0.3 is 0 Å². The zero-order valence-electron chi connectivity index (χ0n) is 15.5. The third kappa shape index (κ3) is 3.36. The second-order valence-corrected chi connectivity index (χ2v) is 7.86. The number of nitrogens with one attached hydrogen (secondary N) is 1. The number of carbonyl (C=O) groups excluding carboxylic acids is 1. The summed E-state index contributed by atoms with van der Waals surface area (Å²) in [4.78, 5) is 29.9. The van der Waals surface area contributed by atoms with Crippen LogP contribution in [0.15, 0.2) is 36.2 Å². The van der Waals surface area contributed by atoms with Crippen molar-refractivity contribution < 1.29 is 4.79 Å². The van der Waals surface area contributed by atoms with Crippen LogP contribution in [0.4, 0.5) is 0 Å². The molecule has 0 bridgehead atoms. The molecule has 0 aromatic carbocycles. The Morgan fingerprint density at radius 1 is 1.29 bits per heavy atom. The molecule has 0 spiro atoms. The van der Waals surface area contributed by atoms with Crippen LogP contribution in [0.5, 0.6) is 0 Å². The molecule has 0 aliphatic carbocycles. The zero-order valence-corrected chi connectivity index (χ0v) is 17.0. The van der Waals surface area contributed by atoms with E-state index < -0.39 is 0 Å². The average molecular weight is 413 g/mol. The van der Waals surface area contributed by atoms with Crippen LogP contribution in [0, 0.1) is 6.92 Å². The van der Waals surface area contributed by atoms with Gasteiger partial charge in [-0.25, -0.2) is 15.0 Å². The summed E-state index contributed by atoms with van der Waals surface area (Å²) < 4.78 is 1.72. The van der Waals surface area contributed by atoms with E-state index >= 15 is 0 Å². The number of aryl methyl sites for hydroxylation is 1. The molecule has 4 heterocycles. The molecule has 0 unspecified atom stereocenters. The van der Waals surface area contributed by atoms with Gasteiger partial charge in [-0.05, 0) is 24.5 Å². The second-order valence-electron chi connectivity index (χ2n) is 6.61. The van der Waals surface area contributed by atoms with Crippen LogP contribution in [-0.4, -0.2) is 30.5 Å². The van der Waals surface area contributed by atoms with Gasteiger partial charge in [-0.15, -0.1) is 11.3 Å². The molecule has 1 amide bonds. The summed E-state index contributed by atoms with van der Waals surface area (Å²) in [5.41, 5.74) is 5.89. The van der Waals surface area contributed by atoms with Crippen LogP contribution in [-0.2, 0) is 0 Å². The van der Waals surface area contributed by atoms with Gasteiger partial charge in [0.25, 0.3) is 5.91 Å². The van der Waals surface area contributed by atoms with E-state index in [2.05, 4.69) is 39.2 Å². The van der Waals surface area contributed by atoms with Crippen LogP contribution in [0.1, 0.15) is 41.4 Å². The fraction of sp³-hybridized carbons (Fsp3) is 0.211. The van der Waals surface area contributed by atoms with Crippen LogP contribution in [0.25, 0.3) is 21.7 Å². The normalized spacial score (nSPS) is 11.3. The fourth-order valence-electron chi connectivity index (χ4n) is 2.97. The molecule has 0 saturated heterocycles. The number of carbonyl (C=O) groups is 1. The van der Waals surface area contributed by atoms with Crippen molar-refractivity contribution in [3.63, 3.8) is 0 Å². The van der Waals surface area contributed by atoms with Gasteiger partial charge < -0.3 is 0 Å². The molecule has 0 saturated carbocycles. The number of amides is 1. The Balaban J connectivity index is 1.65. The monoisotopic (exact) mass is 412 g/mol. The van der Waals surface area contributed by atoms with Crippen LogP contribution >= 0.6 is 22.9 Å². The molecule has 4 aromatic rings. The topological polar surface area (TPSA) is 85.6 Å². The summed E-state index contributed by atoms with van der Waals surface area (Å²) in [5.74, 6) is 0.468. The van der Waals surface area contributed by atoms with Crippen molar-refractivity contribution in [2.24, 2.45) is 0 Å². The van der Waals surface area contributed by atoms with Gasteiger partial charge in [0.1, 0.15) is 5.15 Å². The van der Waals surface area contributed by atoms with Gasteiger partial charge in [-0.1, -0.05) is 25.4 Å². The van der Waals surface area contributed by atoms with Crippen molar-refractivity contribution in [1.82, 2.24) is 24.6 Å². The van der Waals surface area contributed by atoms with Gasteiger partial charge in [0.15, 0.2) is 10.8 Å². The van der Waals surface area contributed by atoms with Crippen molar-refractivity contribution >= 4 is 39.7 Å². The maximum absolute atomic E-state index is 12.8. The van der Waals surface area contributed by atoms with Gasteiger partial charge in [0.05, 0.1) is 16.8 Å². The summed E-state index contributed by atoms with van der Waals surface area (Å²) in [6.45, 7) is 5.98. The molecule has 0 atom stereocenters. The Hall–Kier alpha value is -2.84. The number of aromatic nitrogens is 5. The van der Waals surface area contributed by atoms with E-state index in [0.29, 0.717) is 33.2 Å². The first-order chi connectivity index (χ1) is 13.4. The van der Waals surface area contributed by atoms with Crippen LogP contribution < -0.4 is 5.43 Å². The van der Waals surface area contributed by atoms with E-state index in [1.165, 1.54) is 17.5 Å². The summed E-state index contributed by atoms with van der Waals surface area (Å²) in [5, 5.41) is 3.75. The molecule has 9 heteroatoms. The molecule has 4 rings (SSSR count). The Kier molecular flexibility index (Phi) is 4.82. The predicted molar refractivity (Wildman–Crippen MR) is 110 cm³/mol. The largest absolute Gasteiger partial charge is 0.273 e. The molecule has 4 aromatic heterocycles. The first-order valence-corrected chi connectivity index (χ1v) is 9.91. The molecule has 0 radical (unpaired) electrons. The lowest BCUT2D eigenvalue weighted by molar-refractivity contribution is 0.101. The first-order valence-electron chi connectivity index (χ1n) is 8.65. The average Bonchev–Trinajstić information content (AvgIpc) is 3.26. The number of pyridine rings is 1. The fourth-order valence-corrected chi connectivity index (χ4v) is 3.85. The summed E-state index contributed by atoms with van der Waals surface area (Å²) in [6, 6.07) is 1.88. The minimum atomic E-state index is -0.287. The highest BCUT2D eigenvalue weighted by Gasteiger charge is 2.17. The Labute approximate surface area is 170 Å². The van der Waals surface area contributed by atoms with Crippen LogP contribution in [0.3, 0.4) is 0 Å². The van der Waals surface area contributed by atoms with Gasteiger partial charge in [0, 0.05) is 35.6 Å². The lowest BCUT2D eigenvalue weighted by Crippen LogP contribution is -2.23. The van der Waals surface area contributed by atoms with E-state index in [1.54, 1.807) is 23.2 Å². The number of nitrogens with zero attached hydrogens (tertiary/aromatic N) is 5. The molecule has 0 aliphatic rings. The van der Waals surface area contributed by atoms with Crippen molar-refractivity contribution in [3.8, 4) is 10.8 Å². The molecule has 0 aliphatic heterocycles. The van der Waals surface area contributed by atoms with Crippen LogP contribution in [0.2, 0.25) is 5.15 Å². The van der Waals surface area contributed by atoms with Crippen molar-refractivity contribution in [2.45, 2.75) is 26.7 Å². The van der Waals surface area contributed by atoms with Crippen molar-refractivity contribution in [2.75, 3.05) is 5.43 Å². The maximum Gasteiger partial charge on any atom is 0.273 e. The quantitative estimate of drug-likeness (QED) is 0.536. The summed E-state index contributed by atoms with van der Waals surface area (Å²) in [7, 11) is 0. The highest BCUT2D eigenvalue weighted by atomic mass is 35.5. The van der Waals surface area contributed by atoms with E-state index in [1.807, 2.05) is 18.5 Å². The Bertz CT molecular complexity index is 1180. The lowest BCUT2D eigenvalue weighted by Gasteiger charge is -2.09. The number of hydrogen-bond acceptors (Lipinski definition) is 6. The molecule has 1 N–H and O–H groups in total. The number of hydrogen-bond donors (Lipinski definition) is 1.